The van der Waals surface area contributed by atoms with Crippen molar-refractivity contribution < 1.29 is 0 Å². The van der Waals surface area contributed by atoms with Gasteiger partial charge in [-0.25, -0.2) is 4.98 Å². The summed E-state index contributed by atoms with van der Waals surface area (Å²) in [5, 5.41) is 3.71. The summed E-state index contributed by atoms with van der Waals surface area (Å²) >= 11 is 0. The molecule has 1 heterocycles. The Balaban J connectivity index is 1.96. The van der Waals surface area contributed by atoms with Crippen LogP contribution in [-0.4, -0.2) is 4.98 Å². The molecule has 4 rings (SSSR count). The Morgan fingerprint density at radius 2 is 1.38 bits per heavy atom. The normalized spacial score (nSPS) is 11.1. The molecule has 0 aliphatic rings. The van der Waals surface area contributed by atoms with Crippen molar-refractivity contribution >= 4 is 21.7 Å². The number of hydrogen-bond donors (Lipinski definition) is 0. The van der Waals surface area contributed by atoms with E-state index in [-0.39, 0.29) is 0 Å². The summed E-state index contributed by atoms with van der Waals surface area (Å²) in [6.07, 6.45) is 0. The van der Waals surface area contributed by atoms with E-state index in [0.29, 0.717) is 0 Å². The number of benzene rings is 3. The Morgan fingerprint density at radius 3 is 2.24 bits per heavy atom. The Morgan fingerprint density at radius 1 is 0.667 bits per heavy atom. The van der Waals surface area contributed by atoms with Crippen LogP contribution in [0.15, 0.2) is 72.8 Å². The molecule has 100 valence electrons. The molecule has 0 spiro atoms. The number of aromatic nitrogens is 1. The van der Waals surface area contributed by atoms with Gasteiger partial charge < -0.3 is 0 Å². The monoisotopic (exact) mass is 269 g/mol. The van der Waals surface area contributed by atoms with Crippen LogP contribution in [0.4, 0.5) is 0 Å². The maximum atomic E-state index is 4.85. The predicted octanol–water partition coefficient (Wildman–Crippen LogP) is 5.36. The smallest absolute Gasteiger partial charge is 0.0739 e. The summed E-state index contributed by atoms with van der Waals surface area (Å²) in [5.74, 6) is 0. The largest absolute Gasteiger partial charge is 0.248 e. The molecule has 0 amide bonds. The van der Waals surface area contributed by atoms with Gasteiger partial charge in [0.2, 0.25) is 0 Å². The van der Waals surface area contributed by atoms with Gasteiger partial charge in [-0.3, -0.25) is 0 Å². The molecular formula is C20H15N. The molecule has 1 aromatic heterocycles. The lowest BCUT2D eigenvalue weighted by atomic mass is 10.0. The summed E-state index contributed by atoms with van der Waals surface area (Å²) in [4.78, 5) is 4.85. The molecule has 0 aliphatic heterocycles. The van der Waals surface area contributed by atoms with Crippen molar-refractivity contribution in [2.24, 2.45) is 0 Å². The van der Waals surface area contributed by atoms with Crippen molar-refractivity contribution in [3.05, 3.63) is 78.4 Å². The molecule has 3 aromatic carbocycles. The van der Waals surface area contributed by atoms with Crippen LogP contribution < -0.4 is 0 Å². The highest BCUT2D eigenvalue weighted by atomic mass is 14.7. The topological polar surface area (TPSA) is 12.9 Å². The van der Waals surface area contributed by atoms with E-state index < -0.39 is 0 Å². The molecule has 1 nitrogen and oxygen atoms in total. The molecule has 0 N–H and O–H groups in total. The predicted molar refractivity (Wildman–Crippen MR) is 89.4 cm³/mol. The number of rotatable bonds is 1. The third kappa shape index (κ3) is 2.07. The minimum Gasteiger partial charge on any atom is -0.248 e. The van der Waals surface area contributed by atoms with E-state index in [1.807, 2.05) is 6.07 Å². The second-order valence-corrected chi connectivity index (χ2v) is 5.41. The molecule has 0 radical (unpaired) electrons. The van der Waals surface area contributed by atoms with Crippen molar-refractivity contribution in [3.63, 3.8) is 0 Å². The highest BCUT2D eigenvalue weighted by Crippen LogP contribution is 2.27. The van der Waals surface area contributed by atoms with Crippen molar-refractivity contribution in [2.45, 2.75) is 6.92 Å². The maximum Gasteiger partial charge on any atom is 0.0739 e. The molecule has 4 aromatic rings. The summed E-state index contributed by atoms with van der Waals surface area (Å²) in [6, 6.07) is 25.5. The first-order chi connectivity index (χ1) is 10.3. The van der Waals surface area contributed by atoms with Crippen molar-refractivity contribution in [1.82, 2.24) is 4.98 Å². The lowest BCUT2D eigenvalue weighted by Crippen LogP contribution is -1.90. The van der Waals surface area contributed by atoms with Gasteiger partial charge in [-0.1, -0.05) is 54.6 Å². The van der Waals surface area contributed by atoms with E-state index in [4.69, 9.17) is 4.98 Å². The summed E-state index contributed by atoms with van der Waals surface area (Å²) in [7, 11) is 0. The number of para-hydroxylation sites is 1. The van der Waals surface area contributed by atoms with Crippen molar-refractivity contribution in [3.8, 4) is 11.3 Å². The summed E-state index contributed by atoms with van der Waals surface area (Å²) in [6.45, 7) is 2.13. The minimum absolute atomic E-state index is 1.05. The molecule has 0 fully saturated rings. The molecule has 0 atom stereocenters. The van der Waals surface area contributed by atoms with Gasteiger partial charge >= 0.3 is 0 Å². The molecule has 0 saturated heterocycles. The first kappa shape index (κ1) is 12.1. The van der Waals surface area contributed by atoms with Crippen molar-refractivity contribution in [1.29, 1.82) is 0 Å². The average molecular weight is 269 g/mol. The third-order valence-corrected chi connectivity index (χ3v) is 3.94. The van der Waals surface area contributed by atoms with Crippen LogP contribution in [0.2, 0.25) is 0 Å². The Bertz CT molecular complexity index is 954. The van der Waals surface area contributed by atoms with Gasteiger partial charge in [0, 0.05) is 10.9 Å². The Kier molecular flexibility index (Phi) is 2.71. The molecule has 0 unspecified atom stereocenters. The van der Waals surface area contributed by atoms with E-state index in [0.717, 1.165) is 11.2 Å². The van der Waals surface area contributed by atoms with E-state index in [9.17, 15) is 0 Å². The molecular weight excluding hydrogens is 254 g/mol. The van der Waals surface area contributed by atoms with E-state index in [1.165, 1.54) is 27.3 Å². The van der Waals surface area contributed by atoms with Crippen LogP contribution >= 0.6 is 0 Å². The first-order valence-electron chi connectivity index (χ1n) is 7.17. The summed E-state index contributed by atoms with van der Waals surface area (Å²) in [5.41, 5.74) is 4.51. The molecule has 0 aliphatic carbocycles. The van der Waals surface area contributed by atoms with Crippen molar-refractivity contribution in [2.75, 3.05) is 0 Å². The SMILES string of the molecule is Cc1cc2ccccc2nc1-c1ccc2ccccc2c1. The highest BCUT2D eigenvalue weighted by Gasteiger charge is 2.06. The van der Waals surface area contributed by atoms with Crippen LogP contribution in [0.1, 0.15) is 5.56 Å². The van der Waals surface area contributed by atoms with E-state index in [1.54, 1.807) is 0 Å². The van der Waals surface area contributed by atoms with E-state index >= 15 is 0 Å². The van der Waals surface area contributed by atoms with Crippen LogP contribution in [0, 0.1) is 6.92 Å². The zero-order valence-corrected chi connectivity index (χ0v) is 11.9. The molecule has 0 bridgehead atoms. The third-order valence-electron chi connectivity index (χ3n) is 3.94. The fraction of sp³-hybridized carbons (Fsp3) is 0.0500. The second-order valence-electron chi connectivity index (χ2n) is 5.41. The standard InChI is InChI=1S/C20H15N/c1-14-12-17-8-4-5-9-19(17)21-20(14)18-11-10-15-6-2-3-7-16(15)13-18/h2-13H,1H3. The fourth-order valence-corrected chi connectivity index (χ4v) is 2.85. The van der Waals surface area contributed by atoms with Gasteiger partial charge in [0.1, 0.15) is 0 Å². The fourth-order valence-electron chi connectivity index (χ4n) is 2.85. The maximum absolute atomic E-state index is 4.85. The van der Waals surface area contributed by atoms with Crippen LogP contribution in [0.3, 0.4) is 0 Å². The summed E-state index contributed by atoms with van der Waals surface area (Å²) < 4.78 is 0. The van der Waals surface area contributed by atoms with Crippen LogP contribution in [0.5, 0.6) is 0 Å². The zero-order chi connectivity index (χ0) is 14.2. The lowest BCUT2D eigenvalue weighted by molar-refractivity contribution is 1.33. The van der Waals surface area contributed by atoms with Gasteiger partial charge in [0.25, 0.3) is 0 Å². The van der Waals surface area contributed by atoms with Gasteiger partial charge in [0.05, 0.1) is 11.2 Å². The van der Waals surface area contributed by atoms with Gasteiger partial charge in [0.15, 0.2) is 0 Å². The number of hydrogen-bond acceptors (Lipinski definition) is 1. The Hall–Kier alpha value is -2.67. The molecule has 0 saturated carbocycles. The number of nitrogens with zero attached hydrogens (tertiary/aromatic N) is 1. The highest BCUT2D eigenvalue weighted by molar-refractivity contribution is 5.89. The molecule has 21 heavy (non-hydrogen) atoms. The first-order valence-corrected chi connectivity index (χ1v) is 7.17. The number of fused-ring (bicyclic) bond motifs is 2. The van der Waals surface area contributed by atoms with Gasteiger partial charge in [-0.05, 0) is 41.5 Å². The van der Waals surface area contributed by atoms with E-state index in [2.05, 4.69) is 73.7 Å². The van der Waals surface area contributed by atoms with Gasteiger partial charge in [-0.15, -0.1) is 0 Å². The second kappa shape index (κ2) is 4.71. The lowest BCUT2D eigenvalue weighted by Gasteiger charge is -2.08. The Labute approximate surface area is 123 Å². The van der Waals surface area contributed by atoms with Gasteiger partial charge in [-0.2, -0.15) is 0 Å². The number of pyridine rings is 1. The number of aryl methyl sites for hydroxylation is 1. The quantitative estimate of drug-likeness (QED) is 0.453. The van der Waals surface area contributed by atoms with Crippen LogP contribution in [-0.2, 0) is 0 Å². The molecule has 1 heteroatoms. The van der Waals surface area contributed by atoms with Crippen LogP contribution in [0.25, 0.3) is 32.9 Å². The zero-order valence-electron chi connectivity index (χ0n) is 11.9. The average Bonchev–Trinajstić information content (AvgIpc) is 2.54. The minimum atomic E-state index is 1.05.